The van der Waals surface area contributed by atoms with Gasteiger partial charge in [-0.3, -0.25) is 4.31 Å². The van der Waals surface area contributed by atoms with Crippen molar-refractivity contribution < 1.29 is 17.9 Å². The average molecular weight is 446 g/mol. The van der Waals surface area contributed by atoms with E-state index in [4.69, 9.17) is 21.1 Å². The maximum atomic E-state index is 13.7. The van der Waals surface area contributed by atoms with E-state index in [0.717, 1.165) is 5.56 Å². The molecule has 0 aliphatic carbocycles. The Morgan fingerprint density at radius 3 is 2.10 bits per heavy atom. The van der Waals surface area contributed by atoms with Gasteiger partial charge in [0.05, 0.1) is 30.8 Å². The van der Waals surface area contributed by atoms with Gasteiger partial charge >= 0.3 is 0 Å². The summed E-state index contributed by atoms with van der Waals surface area (Å²) in [6.45, 7) is 3.73. The Hall–Kier alpha value is -2.70. The Balaban J connectivity index is 2.20. The van der Waals surface area contributed by atoms with E-state index in [2.05, 4.69) is 0 Å². The van der Waals surface area contributed by atoms with Gasteiger partial charge in [0.1, 0.15) is 11.5 Å². The van der Waals surface area contributed by atoms with E-state index in [-0.39, 0.29) is 4.90 Å². The van der Waals surface area contributed by atoms with E-state index >= 15 is 0 Å². The molecule has 0 heterocycles. The van der Waals surface area contributed by atoms with E-state index in [1.165, 1.54) is 4.31 Å². The highest BCUT2D eigenvalue weighted by molar-refractivity contribution is 7.92. The van der Waals surface area contributed by atoms with Gasteiger partial charge in [-0.25, -0.2) is 8.42 Å². The van der Waals surface area contributed by atoms with E-state index in [1.807, 2.05) is 13.8 Å². The van der Waals surface area contributed by atoms with Crippen molar-refractivity contribution in [3.63, 3.8) is 0 Å². The van der Waals surface area contributed by atoms with Gasteiger partial charge in [0.15, 0.2) is 0 Å². The van der Waals surface area contributed by atoms with Gasteiger partial charge in [-0.1, -0.05) is 29.3 Å². The number of sulfonamides is 1. The fourth-order valence-corrected chi connectivity index (χ4v) is 5.04. The molecule has 0 unspecified atom stereocenters. The lowest BCUT2D eigenvalue weighted by molar-refractivity contribution is 0.396. The van der Waals surface area contributed by atoms with Crippen LogP contribution < -0.4 is 13.8 Å². The standard InChI is InChI=1S/C23H24ClNO4S/c1-16-5-12-21(13-6-16)30(26,27)25(19-9-7-18(24)8-10-19)17(2)22-15-20(28-3)11-14-23(22)29-4/h5-15,17H,1-4H3/t17-/m1/s1. The molecule has 0 aliphatic rings. The zero-order chi connectivity index (χ0) is 21.9. The molecule has 7 heteroatoms. The second kappa shape index (κ2) is 8.98. The fraction of sp³-hybridized carbons (Fsp3) is 0.217. The molecule has 3 rings (SSSR count). The summed E-state index contributed by atoms with van der Waals surface area (Å²) in [6, 6.07) is 18.3. The van der Waals surface area contributed by atoms with E-state index in [9.17, 15) is 8.42 Å². The first-order chi connectivity index (χ1) is 14.3. The third kappa shape index (κ3) is 4.40. The van der Waals surface area contributed by atoms with Crippen molar-refractivity contribution >= 4 is 27.3 Å². The van der Waals surface area contributed by atoms with Crippen molar-refractivity contribution in [1.82, 2.24) is 0 Å². The number of benzene rings is 3. The van der Waals surface area contributed by atoms with Gasteiger partial charge in [-0.2, -0.15) is 0 Å². The van der Waals surface area contributed by atoms with Gasteiger partial charge in [-0.15, -0.1) is 0 Å². The van der Waals surface area contributed by atoms with Gasteiger partial charge in [-0.05, 0) is 68.4 Å². The van der Waals surface area contributed by atoms with Crippen LogP contribution in [-0.4, -0.2) is 22.6 Å². The zero-order valence-electron chi connectivity index (χ0n) is 17.3. The molecule has 158 valence electrons. The third-order valence-electron chi connectivity index (χ3n) is 4.90. The SMILES string of the molecule is COc1ccc(OC)c([C@@H](C)N(c2ccc(Cl)cc2)S(=O)(=O)c2ccc(C)cc2)c1. The molecule has 0 aromatic heterocycles. The summed E-state index contributed by atoms with van der Waals surface area (Å²) in [6.07, 6.45) is 0. The van der Waals surface area contributed by atoms with Crippen molar-refractivity contribution in [2.45, 2.75) is 24.8 Å². The summed E-state index contributed by atoms with van der Waals surface area (Å²) in [5.74, 6) is 1.18. The van der Waals surface area contributed by atoms with Crippen LogP contribution in [0, 0.1) is 6.92 Å². The Morgan fingerprint density at radius 2 is 1.53 bits per heavy atom. The Morgan fingerprint density at radius 1 is 0.900 bits per heavy atom. The molecule has 1 atom stereocenters. The number of ether oxygens (including phenoxy) is 2. The normalized spacial score (nSPS) is 12.3. The molecular formula is C23H24ClNO4S. The molecule has 3 aromatic carbocycles. The largest absolute Gasteiger partial charge is 0.497 e. The van der Waals surface area contributed by atoms with Crippen molar-refractivity contribution in [3.8, 4) is 11.5 Å². The molecule has 0 spiro atoms. The first-order valence-electron chi connectivity index (χ1n) is 9.36. The molecule has 30 heavy (non-hydrogen) atoms. The summed E-state index contributed by atoms with van der Waals surface area (Å²) in [5.41, 5.74) is 2.16. The van der Waals surface area contributed by atoms with Crippen LogP contribution in [0.15, 0.2) is 71.6 Å². The molecule has 0 amide bonds. The predicted octanol–water partition coefficient (Wildman–Crippen LogP) is 5.62. The third-order valence-corrected chi connectivity index (χ3v) is 7.06. The minimum Gasteiger partial charge on any atom is -0.497 e. The highest BCUT2D eigenvalue weighted by Gasteiger charge is 2.32. The maximum Gasteiger partial charge on any atom is 0.264 e. The molecule has 0 radical (unpaired) electrons. The molecule has 0 bridgehead atoms. The van der Waals surface area contributed by atoms with Crippen LogP contribution >= 0.6 is 11.6 Å². The number of halogens is 1. The van der Waals surface area contributed by atoms with Gasteiger partial charge in [0, 0.05) is 10.6 Å². The molecule has 0 saturated carbocycles. The van der Waals surface area contributed by atoms with Crippen LogP contribution in [0.3, 0.4) is 0 Å². The van der Waals surface area contributed by atoms with Crippen LogP contribution in [0.4, 0.5) is 5.69 Å². The average Bonchev–Trinajstić information content (AvgIpc) is 2.74. The molecule has 5 nitrogen and oxygen atoms in total. The van der Waals surface area contributed by atoms with Crippen LogP contribution in [0.1, 0.15) is 24.1 Å². The lowest BCUT2D eigenvalue weighted by atomic mass is 10.1. The van der Waals surface area contributed by atoms with E-state index < -0.39 is 16.1 Å². The second-order valence-electron chi connectivity index (χ2n) is 6.87. The summed E-state index contributed by atoms with van der Waals surface area (Å²) >= 11 is 6.04. The minimum absolute atomic E-state index is 0.205. The topological polar surface area (TPSA) is 55.8 Å². The van der Waals surface area contributed by atoms with Gasteiger partial charge < -0.3 is 9.47 Å². The van der Waals surface area contributed by atoms with Crippen LogP contribution in [0.5, 0.6) is 11.5 Å². The summed E-state index contributed by atoms with van der Waals surface area (Å²) < 4.78 is 39.7. The minimum atomic E-state index is -3.88. The number of rotatable bonds is 7. The lowest BCUT2D eigenvalue weighted by Gasteiger charge is -2.32. The van der Waals surface area contributed by atoms with E-state index in [1.54, 1.807) is 80.9 Å². The highest BCUT2D eigenvalue weighted by Crippen LogP contribution is 2.38. The van der Waals surface area contributed by atoms with E-state index in [0.29, 0.717) is 27.8 Å². The Kier molecular flexibility index (Phi) is 6.58. The molecule has 0 aliphatic heterocycles. The van der Waals surface area contributed by atoms with Crippen LogP contribution in [0.2, 0.25) is 5.02 Å². The smallest absolute Gasteiger partial charge is 0.264 e. The number of hydrogen-bond donors (Lipinski definition) is 0. The Labute approximate surface area is 182 Å². The van der Waals surface area contributed by atoms with Gasteiger partial charge in [0.2, 0.25) is 0 Å². The summed E-state index contributed by atoms with van der Waals surface area (Å²) in [7, 11) is -0.761. The molecule has 0 N–H and O–H groups in total. The zero-order valence-corrected chi connectivity index (χ0v) is 18.9. The van der Waals surface area contributed by atoms with Crippen LogP contribution in [0.25, 0.3) is 0 Å². The fourth-order valence-electron chi connectivity index (χ4n) is 3.27. The number of anilines is 1. The molecular weight excluding hydrogens is 422 g/mol. The first kappa shape index (κ1) is 22.0. The lowest BCUT2D eigenvalue weighted by Crippen LogP contribution is -2.34. The van der Waals surface area contributed by atoms with Crippen molar-refractivity contribution in [3.05, 3.63) is 82.9 Å². The van der Waals surface area contributed by atoms with Crippen molar-refractivity contribution in [2.75, 3.05) is 18.5 Å². The molecule has 0 saturated heterocycles. The monoisotopic (exact) mass is 445 g/mol. The number of aryl methyl sites for hydroxylation is 1. The quantitative estimate of drug-likeness (QED) is 0.473. The maximum absolute atomic E-state index is 13.7. The van der Waals surface area contributed by atoms with Crippen LogP contribution in [-0.2, 0) is 10.0 Å². The van der Waals surface area contributed by atoms with Crippen molar-refractivity contribution in [2.24, 2.45) is 0 Å². The number of methoxy groups -OCH3 is 2. The molecule has 0 fully saturated rings. The Bertz CT molecular complexity index is 1110. The number of nitrogens with zero attached hydrogens (tertiary/aromatic N) is 1. The molecule has 3 aromatic rings. The highest BCUT2D eigenvalue weighted by atomic mass is 35.5. The van der Waals surface area contributed by atoms with Crippen molar-refractivity contribution in [1.29, 1.82) is 0 Å². The summed E-state index contributed by atoms with van der Waals surface area (Å²) in [4.78, 5) is 0.205. The van der Waals surface area contributed by atoms with Gasteiger partial charge in [0.25, 0.3) is 10.0 Å². The number of hydrogen-bond acceptors (Lipinski definition) is 4. The summed E-state index contributed by atoms with van der Waals surface area (Å²) in [5, 5.41) is 0.526. The predicted molar refractivity (Wildman–Crippen MR) is 120 cm³/mol. The first-order valence-corrected chi connectivity index (χ1v) is 11.2. The second-order valence-corrected chi connectivity index (χ2v) is 9.13.